The van der Waals surface area contributed by atoms with Crippen molar-refractivity contribution < 1.29 is 4.79 Å². The van der Waals surface area contributed by atoms with Crippen LogP contribution in [0, 0.1) is 5.92 Å². The average Bonchev–Trinajstić information content (AvgIpc) is 2.92. The molecule has 0 spiro atoms. The number of piperidine rings is 1. The summed E-state index contributed by atoms with van der Waals surface area (Å²) >= 11 is 5.87. The van der Waals surface area contributed by atoms with Gasteiger partial charge in [0.25, 0.3) is 5.91 Å². The Kier molecular flexibility index (Phi) is 3.08. The van der Waals surface area contributed by atoms with Crippen molar-refractivity contribution in [3.05, 3.63) is 23.0 Å². The van der Waals surface area contributed by atoms with Crippen molar-refractivity contribution in [1.82, 2.24) is 14.8 Å². The third-order valence-electron chi connectivity index (χ3n) is 4.10. The average molecular weight is 268 g/mol. The smallest absolute Gasteiger partial charge is 0.270 e. The minimum absolute atomic E-state index is 0.0897. The second-order valence-electron chi connectivity index (χ2n) is 5.42. The predicted octanol–water partition coefficient (Wildman–Crippen LogP) is 1.83. The number of nitrogens with zero attached hydrogens (tertiary/aromatic N) is 2. The van der Waals surface area contributed by atoms with Gasteiger partial charge in [0.05, 0.1) is 5.02 Å². The lowest BCUT2D eigenvalue weighted by atomic mass is 9.92. The van der Waals surface area contributed by atoms with Gasteiger partial charge in [-0.25, -0.2) is 0 Å². The van der Waals surface area contributed by atoms with E-state index < -0.39 is 0 Å². The van der Waals surface area contributed by atoms with E-state index in [9.17, 15) is 4.79 Å². The summed E-state index contributed by atoms with van der Waals surface area (Å²) in [6.45, 7) is 2.97. The number of fused-ring (bicyclic) bond motifs is 1. The second kappa shape index (κ2) is 4.59. The van der Waals surface area contributed by atoms with E-state index >= 15 is 0 Å². The van der Waals surface area contributed by atoms with E-state index in [1.807, 2.05) is 4.90 Å². The molecule has 1 aromatic heterocycles. The number of H-pyrrole nitrogens is 1. The second-order valence-corrected chi connectivity index (χ2v) is 5.86. The van der Waals surface area contributed by atoms with Gasteiger partial charge in [-0.1, -0.05) is 11.6 Å². The third kappa shape index (κ3) is 2.04. The lowest BCUT2D eigenvalue weighted by molar-refractivity contribution is 0.0566. The predicted molar refractivity (Wildman–Crippen MR) is 70.8 cm³/mol. The van der Waals surface area contributed by atoms with Gasteiger partial charge in [-0.05, 0) is 31.9 Å². The van der Waals surface area contributed by atoms with Crippen molar-refractivity contribution in [3.8, 4) is 0 Å². The first-order valence-electron chi connectivity index (χ1n) is 6.48. The van der Waals surface area contributed by atoms with Gasteiger partial charge in [0.1, 0.15) is 5.69 Å². The number of carbonyl (C=O) groups excluding carboxylic acids is 1. The standard InChI is InChI=1S/C13H18ClN3O/c1-16-7-9-3-2-4-17(12(9)8-16)13(18)11-5-10(14)6-15-11/h5-6,9,12,15H,2-4,7-8H2,1H3/t9-,12+/m0/s1. The van der Waals surface area contributed by atoms with Crippen LogP contribution in [0.3, 0.4) is 0 Å². The first-order valence-corrected chi connectivity index (χ1v) is 6.86. The molecule has 1 aromatic rings. The summed E-state index contributed by atoms with van der Waals surface area (Å²) in [5, 5.41) is 0.593. The molecule has 2 fully saturated rings. The fraction of sp³-hybridized carbons (Fsp3) is 0.615. The van der Waals surface area contributed by atoms with Crippen LogP contribution >= 0.6 is 11.6 Å². The highest BCUT2D eigenvalue weighted by Crippen LogP contribution is 2.30. The molecule has 1 N–H and O–H groups in total. The van der Waals surface area contributed by atoms with E-state index in [0.29, 0.717) is 22.7 Å². The van der Waals surface area contributed by atoms with Crippen LogP contribution in [0.5, 0.6) is 0 Å². The first-order chi connectivity index (χ1) is 8.65. The summed E-state index contributed by atoms with van der Waals surface area (Å²) in [5.74, 6) is 0.727. The Balaban J connectivity index is 1.80. The molecule has 0 aliphatic carbocycles. The highest BCUT2D eigenvalue weighted by Gasteiger charge is 2.40. The minimum atomic E-state index is 0.0897. The van der Waals surface area contributed by atoms with Gasteiger partial charge in [0, 0.05) is 31.9 Å². The monoisotopic (exact) mass is 267 g/mol. The number of aromatic amines is 1. The maximum absolute atomic E-state index is 12.5. The lowest BCUT2D eigenvalue weighted by Gasteiger charge is -2.36. The van der Waals surface area contributed by atoms with Crippen LogP contribution in [0.4, 0.5) is 0 Å². The molecule has 2 atom stereocenters. The van der Waals surface area contributed by atoms with Crippen molar-refractivity contribution in [2.45, 2.75) is 18.9 Å². The van der Waals surface area contributed by atoms with E-state index in [1.54, 1.807) is 12.3 Å². The summed E-state index contributed by atoms with van der Waals surface area (Å²) in [6.07, 6.45) is 4.01. The Morgan fingerprint density at radius 3 is 3.06 bits per heavy atom. The molecule has 3 heterocycles. The normalized spacial score (nSPS) is 28.4. The Morgan fingerprint density at radius 2 is 2.33 bits per heavy atom. The maximum atomic E-state index is 12.5. The fourth-order valence-corrected chi connectivity index (χ4v) is 3.45. The molecule has 0 bridgehead atoms. The quantitative estimate of drug-likeness (QED) is 0.843. The van der Waals surface area contributed by atoms with Crippen molar-refractivity contribution in [3.63, 3.8) is 0 Å². The molecule has 0 radical (unpaired) electrons. The molecule has 0 saturated carbocycles. The zero-order valence-corrected chi connectivity index (χ0v) is 11.3. The largest absolute Gasteiger partial charge is 0.356 e. The summed E-state index contributed by atoms with van der Waals surface area (Å²) in [6, 6.07) is 2.09. The molecule has 2 aliphatic rings. The lowest BCUT2D eigenvalue weighted by Crippen LogP contribution is -2.48. The number of hydrogen-bond acceptors (Lipinski definition) is 2. The number of nitrogens with one attached hydrogen (secondary N) is 1. The molecule has 2 saturated heterocycles. The van der Waals surface area contributed by atoms with Crippen molar-refractivity contribution >= 4 is 17.5 Å². The molecule has 2 aliphatic heterocycles. The number of carbonyl (C=O) groups is 1. The highest BCUT2D eigenvalue weighted by molar-refractivity contribution is 6.30. The zero-order chi connectivity index (χ0) is 12.7. The molecular formula is C13H18ClN3O. The van der Waals surface area contributed by atoms with Gasteiger partial charge in [-0.2, -0.15) is 0 Å². The zero-order valence-electron chi connectivity index (χ0n) is 10.5. The van der Waals surface area contributed by atoms with E-state index in [0.717, 1.165) is 26.1 Å². The SMILES string of the molecule is CN1C[C@@H]2CCCN(C(=O)c3cc(Cl)c[nH]3)[C@@H]2C1. The van der Waals surface area contributed by atoms with Crippen LogP contribution < -0.4 is 0 Å². The van der Waals surface area contributed by atoms with Crippen molar-refractivity contribution in [2.24, 2.45) is 5.92 Å². The van der Waals surface area contributed by atoms with Crippen LogP contribution in [0.2, 0.25) is 5.02 Å². The van der Waals surface area contributed by atoms with E-state index in [4.69, 9.17) is 11.6 Å². The van der Waals surface area contributed by atoms with Gasteiger partial charge >= 0.3 is 0 Å². The third-order valence-corrected chi connectivity index (χ3v) is 4.32. The van der Waals surface area contributed by atoms with Gasteiger partial charge in [-0.3, -0.25) is 4.79 Å². The first kappa shape index (κ1) is 12.1. The molecule has 0 aromatic carbocycles. The summed E-state index contributed by atoms with van der Waals surface area (Å²) < 4.78 is 0. The minimum Gasteiger partial charge on any atom is -0.356 e. The summed E-state index contributed by atoms with van der Waals surface area (Å²) in [5.41, 5.74) is 0.607. The van der Waals surface area contributed by atoms with Crippen LogP contribution in [0.1, 0.15) is 23.3 Å². The van der Waals surface area contributed by atoms with E-state index in [1.165, 1.54) is 6.42 Å². The molecule has 5 heteroatoms. The van der Waals surface area contributed by atoms with E-state index in [2.05, 4.69) is 16.9 Å². The van der Waals surface area contributed by atoms with E-state index in [-0.39, 0.29) is 5.91 Å². The van der Waals surface area contributed by atoms with Crippen LogP contribution in [-0.4, -0.2) is 53.4 Å². The van der Waals surface area contributed by atoms with Crippen LogP contribution in [-0.2, 0) is 0 Å². The fourth-order valence-electron chi connectivity index (χ4n) is 3.29. The summed E-state index contributed by atoms with van der Waals surface area (Å²) in [7, 11) is 2.13. The molecule has 1 amide bonds. The molecule has 3 rings (SSSR count). The number of halogens is 1. The summed E-state index contributed by atoms with van der Waals surface area (Å²) in [4.78, 5) is 19.8. The van der Waals surface area contributed by atoms with Crippen molar-refractivity contribution in [1.29, 1.82) is 0 Å². The Labute approximate surface area is 112 Å². The number of amides is 1. The van der Waals surface area contributed by atoms with Crippen molar-refractivity contribution in [2.75, 3.05) is 26.7 Å². The van der Waals surface area contributed by atoms with Gasteiger partial charge < -0.3 is 14.8 Å². The topological polar surface area (TPSA) is 39.3 Å². The Bertz CT molecular complexity index is 459. The number of hydrogen-bond donors (Lipinski definition) is 1. The van der Waals surface area contributed by atoms with Gasteiger partial charge in [0.2, 0.25) is 0 Å². The van der Waals surface area contributed by atoms with Crippen LogP contribution in [0.25, 0.3) is 0 Å². The number of likely N-dealkylation sites (tertiary alicyclic amines) is 2. The molecule has 98 valence electrons. The van der Waals surface area contributed by atoms with Gasteiger partial charge in [0.15, 0.2) is 0 Å². The van der Waals surface area contributed by atoms with Gasteiger partial charge in [-0.15, -0.1) is 0 Å². The molecule has 18 heavy (non-hydrogen) atoms. The van der Waals surface area contributed by atoms with Crippen LogP contribution in [0.15, 0.2) is 12.3 Å². The number of rotatable bonds is 1. The Hall–Kier alpha value is -1.00. The Morgan fingerprint density at radius 1 is 1.50 bits per heavy atom. The maximum Gasteiger partial charge on any atom is 0.270 e. The number of likely N-dealkylation sites (N-methyl/N-ethyl adjacent to an activating group) is 1. The number of aromatic nitrogens is 1. The molecular weight excluding hydrogens is 250 g/mol. The highest BCUT2D eigenvalue weighted by atomic mass is 35.5. The molecule has 4 nitrogen and oxygen atoms in total. The molecule has 0 unspecified atom stereocenters.